The molecule has 0 bridgehead atoms. The molecule has 4 rings (SSSR count). The summed E-state index contributed by atoms with van der Waals surface area (Å²) in [5.41, 5.74) is 0.705. The van der Waals surface area contributed by atoms with Crippen LogP contribution in [-0.2, 0) is 10.0 Å². The molecule has 12 heteroatoms. The summed E-state index contributed by atoms with van der Waals surface area (Å²) >= 11 is 6.18. The van der Waals surface area contributed by atoms with Gasteiger partial charge in [0.25, 0.3) is 11.6 Å². The third-order valence-electron chi connectivity index (χ3n) is 5.12. The summed E-state index contributed by atoms with van der Waals surface area (Å²) in [5.74, 6) is -0.268. The van der Waals surface area contributed by atoms with E-state index in [4.69, 9.17) is 11.6 Å². The number of nitrogens with zero attached hydrogens (tertiary/aromatic N) is 5. The van der Waals surface area contributed by atoms with E-state index < -0.39 is 14.9 Å². The van der Waals surface area contributed by atoms with Crippen molar-refractivity contribution in [1.82, 2.24) is 19.0 Å². The van der Waals surface area contributed by atoms with Gasteiger partial charge in [0.2, 0.25) is 10.0 Å². The predicted octanol–water partition coefficient (Wildman–Crippen LogP) is 2.58. The highest BCUT2D eigenvalue weighted by Crippen LogP contribution is 2.23. The van der Waals surface area contributed by atoms with E-state index in [-0.39, 0.29) is 42.7 Å². The highest BCUT2D eigenvalue weighted by atomic mass is 35.5. The van der Waals surface area contributed by atoms with Gasteiger partial charge in [0.15, 0.2) is 0 Å². The fourth-order valence-electron chi connectivity index (χ4n) is 3.42. The van der Waals surface area contributed by atoms with Crippen LogP contribution < -0.4 is 0 Å². The molecule has 166 valence electrons. The Morgan fingerprint density at radius 1 is 1.06 bits per heavy atom. The van der Waals surface area contributed by atoms with Gasteiger partial charge in [-0.25, -0.2) is 13.1 Å². The van der Waals surface area contributed by atoms with E-state index >= 15 is 0 Å². The molecule has 2 heterocycles. The van der Waals surface area contributed by atoms with Crippen molar-refractivity contribution in [2.45, 2.75) is 4.90 Å². The number of benzene rings is 2. The maximum Gasteiger partial charge on any atom is 0.270 e. The van der Waals surface area contributed by atoms with Crippen LogP contribution in [0.5, 0.6) is 0 Å². The van der Waals surface area contributed by atoms with Crippen LogP contribution in [0.25, 0.3) is 5.69 Å². The zero-order valence-corrected chi connectivity index (χ0v) is 18.2. The number of halogens is 1. The van der Waals surface area contributed by atoms with Crippen molar-refractivity contribution in [3.8, 4) is 5.69 Å². The molecule has 32 heavy (non-hydrogen) atoms. The van der Waals surface area contributed by atoms with Gasteiger partial charge in [0, 0.05) is 44.5 Å². The Labute approximate surface area is 188 Å². The van der Waals surface area contributed by atoms with Crippen molar-refractivity contribution < 1.29 is 18.1 Å². The molecule has 0 atom stereocenters. The van der Waals surface area contributed by atoms with E-state index in [1.807, 2.05) is 6.07 Å². The number of carbonyl (C=O) groups is 1. The number of hydrogen-bond donors (Lipinski definition) is 0. The average Bonchev–Trinajstić information content (AvgIpc) is 3.29. The number of non-ortho nitro benzene ring substituents is 1. The Kier molecular flexibility index (Phi) is 5.96. The topological polar surface area (TPSA) is 119 Å². The Hall–Kier alpha value is -3.28. The standard InChI is InChI=1S/C20H18ClN5O5S/c21-18-6-1-2-7-19(18)25-14-15(13-22-25)20(27)23-8-10-24(11-9-23)32(30,31)17-5-3-4-16(12-17)26(28)29/h1-7,12-14H,8-11H2. The van der Waals surface area contributed by atoms with Crippen molar-refractivity contribution in [3.05, 3.63) is 81.6 Å². The smallest absolute Gasteiger partial charge is 0.270 e. The molecule has 1 aromatic heterocycles. The molecule has 1 saturated heterocycles. The second-order valence-electron chi connectivity index (χ2n) is 7.08. The quantitative estimate of drug-likeness (QED) is 0.413. The van der Waals surface area contributed by atoms with Crippen molar-refractivity contribution >= 4 is 33.2 Å². The fraction of sp³-hybridized carbons (Fsp3) is 0.200. The van der Waals surface area contributed by atoms with E-state index in [1.165, 1.54) is 33.4 Å². The lowest BCUT2D eigenvalue weighted by atomic mass is 10.2. The van der Waals surface area contributed by atoms with Crippen LogP contribution in [-0.4, -0.2) is 64.4 Å². The summed E-state index contributed by atoms with van der Waals surface area (Å²) in [6.07, 6.45) is 3.02. The number of para-hydroxylation sites is 1. The van der Waals surface area contributed by atoms with Crippen LogP contribution in [0, 0.1) is 10.1 Å². The van der Waals surface area contributed by atoms with Crippen LogP contribution in [0.3, 0.4) is 0 Å². The molecule has 10 nitrogen and oxygen atoms in total. The van der Waals surface area contributed by atoms with E-state index in [9.17, 15) is 23.3 Å². The normalized spacial score (nSPS) is 15.0. The van der Waals surface area contributed by atoms with E-state index in [0.29, 0.717) is 16.3 Å². The first-order chi connectivity index (χ1) is 15.3. The van der Waals surface area contributed by atoms with Gasteiger partial charge in [0.1, 0.15) is 0 Å². The second-order valence-corrected chi connectivity index (χ2v) is 9.42. The molecule has 1 aliphatic rings. The molecule has 0 saturated carbocycles. The van der Waals surface area contributed by atoms with Gasteiger partial charge < -0.3 is 4.90 Å². The van der Waals surface area contributed by atoms with Crippen molar-refractivity contribution in [2.24, 2.45) is 0 Å². The summed E-state index contributed by atoms with van der Waals surface area (Å²) in [5, 5.41) is 15.7. The summed E-state index contributed by atoms with van der Waals surface area (Å²) < 4.78 is 28.5. The molecule has 0 N–H and O–H groups in total. The lowest BCUT2D eigenvalue weighted by Crippen LogP contribution is -2.50. The first-order valence-corrected chi connectivity index (χ1v) is 11.4. The van der Waals surface area contributed by atoms with Gasteiger partial charge in [-0.3, -0.25) is 14.9 Å². The lowest BCUT2D eigenvalue weighted by Gasteiger charge is -2.33. The largest absolute Gasteiger partial charge is 0.336 e. The highest BCUT2D eigenvalue weighted by Gasteiger charge is 2.31. The summed E-state index contributed by atoms with van der Waals surface area (Å²) in [4.78, 5) is 24.6. The maximum absolute atomic E-state index is 12.9. The minimum atomic E-state index is -3.91. The van der Waals surface area contributed by atoms with Crippen molar-refractivity contribution in [3.63, 3.8) is 0 Å². The third-order valence-corrected chi connectivity index (χ3v) is 7.34. The van der Waals surface area contributed by atoms with Crippen molar-refractivity contribution in [2.75, 3.05) is 26.2 Å². The van der Waals surface area contributed by atoms with Gasteiger partial charge in [-0.1, -0.05) is 29.8 Å². The Morgan fingerprint density at radius 3 is 2.47 bits per heavy atom. The first kappa shape index (κ1) is 21.9. The molecule has 0 unspecified atom stereocenters. The summed E-state index contributed by atoms with van der Waals surface area (Å²) in [6.45, 7) is 0.527. The summed E-state index contributed by atoms with van der Waals surface area (Å²) in [7, 11) is -3.91. The van der Waals surface area contributed by atoms with Crippen LogP contribution in [0.4, 0.5) is 5.69 Å². The Balaban J connectivity index is 1.45. The molecular formula is C20H18ClN5O5S. The number of rotatable bonds is 5. The predicted molar refractivity (Wildman–Crippen MR) is 116 cm³/mol. The Bertz CT molecular complexity index is 1280. The number of amides is 1. The second kappa shape index (κ2) is 8.69. The van der Waals surface area contributed by atoms with Gasteiger partial charge in [-0.2, -0.15) is 9.40 Å². The number of piperazine rings is 1. The van der Waals surface area contributed by atoms with Crippen LogP contribution in [0.1, 0.15) is 10.4 Å². The molecular weight excluding hydrogens is 458 g/mol. The fourth-order valence-corrected chi connectivity index (χ4v) is 5.11. The Morgan fingerprint density at radius 2 is 1.78 bits per heavy atom. The van der Waals surface area contributed by atoms with E-state index in [1.54, 1.807) is 29.3 Å². The molecule has 0 spiro atoms. The van der Waals surface area contributed by atoms with Crippen LogP contribution in [0.2, 0.25) is 5.02 Å². The number of sulfonamides is 1. The minimum Gasteiger partial charge on any atom is -0.336 e. The van der Waals surface area contributed by atoms with Crippen LogP contribution >= 0.6 is 11.6 Å². The number of nitro benzene ring substituents is 1. The molecule has 3 aromatic rings. The summed E-state index contributed by atoms with van der Waals surface area (Å²) in [6, 6.07) is 12.0. The maximum atomic E-state index is 12.9. The van der Waals surface area contributed by atoms with Gasteiger partial charge in [-0.05, 0) is 18.2 Å². The van der Waals surface area contributed by atoms with Gasteiger partial charge in [-0.15, -0.1) is 0 Å². The average molecular weight is 476 g/mol. The van der Waals surface area contributed by atoms with Crippen molar-refractivity contribution in [1.29, 1.82) is 0 Å². The zero-order valence-electron chi connectivity index (χ0n) is 16.7. The molecule has 0 aliphatic carbocycles. The molecule has 0 radical (unpaired) electrons. The first-order valence-electron chi connectivity index (χ1n) is 9.61. The molecule has 2 aromatic carbocycles. The van der Waals surface area contributed by atoms with Gasteiger partial charge >= 0.3 is 0 Å². The van der Waals surface area contributed by atoms with E-state index in [0.717, 1.165) is 6.07 Å². The number of nitro groups is 1. The monoisotopic (exact) mass is 475 g/mol. The number of hydrogen-bond acceptors (Lipinski definition) is 6. The SMILES string of the molecule is O=C(c1cnn(-c2ccccc2Cl)c1)N1CCN(S(=O)(=O)c2cccc([N+](=O)[O-])c2)CC1. The lowest BCUT2D eigenvalue weighted by molar-refractivity contribution is -0.385. The van der Waals surface area contributed by atoms with Gasteiger partial charge in [0.05, 0.1) is 32.3 Å². The van der Waals surface area contributed by atoms with E-state index in [2.05, 4.69) is 5.10 Å². The third kappa shape index (κ3) is 4.22. The number of carbonyl (C=O) groups excluding carboxylic acids is 1. The zero-order chi connectivity index (χ0) is 22.9. The molecule has 1 amide bonds. The molecule has 1 aliphatic heterocycles. The highest BCUT2D eigenvalue weighted by molar-refractivity contribution is 7.89. The van der Waals surface area contributed by atoms with Crippen LogP contribution in [0.15, 0.2) is 65.8 Å². The number of aromatic nitrogens is 2. The molecule has 1 fully saturated rings. The minimum absolute atomic E-state index is 0.0788.